The Morgan fingerprint density at radius 3 is 2.62 bits per heavy atom. The molecule has 0 fully saturated rings. The van der Waals surface area contributed by atoms with E-state index in [4.69, 9.17) is 11.6 Å². The van der Waals surface area contributed by atoms with Gasteiger partial charge in [0.15, 0.2) is 5.78 Å². The minimum Gasteiger partial charge on any atom is -0.361 e. The van der Waals surface area contributed by atoms with Gasteiger partial charge in [0.25, 0.3) is 0 Å². The first kappa shape index (κ1) is 20.6. The van der Waals surface area contributed by atoms with Crippen LogP contribution in [0.5, 0.6) is 0 Å². The second kappa shape index (κ2) is 9.89. The fourth-order valence-electron chi connectivity index (χ4n) is 2.95. The lowest BCUT2D eigenvalue weighted by atomic mass is 10.1. The van der Waals surface area contributed by atoms with E-state index in [1.807, 2.05) is 49.5 Å². The Hall–Kier alpha value is -3.11. The molecule has 3 rings (SSSR count). The van der Waals surface area contributed by atoms with E-state index in [1.165, 1.54) is 6.08 Å². The molecule has 0 saturated heterocycles. The summed E-state index contributed by atoms with van der Waals surface area (Å²) in [5.74, 6) is -0.429. The van der Waals surface area contributed by atoms with Gasteiger partial charge in [-0.1, -0.05) is 55.3 Å². The number of Topliss-reactive ketones (excluding diaryl/α,β-unsaturated/α-hetero) is 1. The maximum absolute atomic E-state index is 12.7. The van der Waals surface area contributed by atoms with Gasteiger partial charge in [0.05, 0.1) is 5.70 Å². The number of fused-ring (bicyclic) bond motifs is 1. The highest BCUT2D eigenvalue weighted by molar-refractivity contribution is 6.30. The van der Waals surface area contributed by atoms with E-state index in [-0.39, 0.29) is 11.7 Å². The van der Waals surface area contributed by atoms with Crippen molar-refractivity contribution in [2.75, 3.05) is 0 Å². The van der Waals surface area contributed by atoms with Crippen molar-refractivity contribution in [3.05, 3.63) is 82.7 Å². The van der Waals surface area contributed by atoms with Gasteiger partial charge in [-0.15, -0.1) is 0 Å². The lowest BCUT2D eigenvalue weighted by Gasteiger charge is -2.07. The van der Waals surface area contributed by atoms with E-state index in [2.05, 4.69) is 10.3 Å². The summed E-state index contributed by atoms with van der Waals surface area (Å²) in [6, 6.07) is 15.0. The van der Waals surface area contributed by atoms with Gasteiger partial charge in [-0.3, -0.25) is 9.59 Å². The van der Waals surface area contributed by atoms with Gasteiger partial charge in [-0.2, -0.15) is 0 Å². The molecule has 148 valence electrons. The largest absolute Gasteiger partial charge is 0.361 e. The topological polar surface area (TPSA) is 62.0 Å². The lowest BCUT2D eigenvalue weighted by molar-refractivity contribution is -0.120. The predicted octanol–water partition coefficient (Wildman–Crippen LogP) is 5.75. The Bertz CT molecular complexity index is 1060. The number of hydrogen-bond donors (Lipinski definition) is 2. The Balaban J connectivity index is 1.82. The summed E-state index contributed by atoms with van der Waals surface area (Å²) in [4.78, 5) is 28.3. The summed E-state index contributed by atoms with van der Waals surface area (Å²) in [6.45, 7) is 2.03. The molecule has 0 unspecified atom stereocenters. The first-order valence-electron chi connectivity index (χ1n) is 9.62. The summed E-state index contributed by atoms with van der Waals surface area (Å²) in [6.07, 6.45) is 8.77. The summed E-state index contributed by atoms with van der Waals surface area (Å²) in [5.41, 5.74) is 2.99. The molecule has 0 radical (unpaired) electrons. The molecule has 1 amide bonds. The molecule has 2 aromatic carbocycles. The Kier molecular flexibility index (Phi) is 7.04. The molecule has 2 N–H and O–H groups in total. The van der Waals surface area contributed by atoms with E-state index < -0.39 is 0 Å². The van der Waals surface area contributed by atoms with E-state index in [9.17, 15) is 9.59 Å². The molecule has 0 spiro atoms. The molecule has 4 nitrogen and oxygen atoms in total. The van der Waals surface area contributed by atoms with Crippen LogP contribution in [0.4, 0.5) is 0 Å². The second-order valence-electron chi connectivity index (χ2n) is 6.75. The van der Waals surface area contributed by atoms with E-state index >= 15 is 0 Å². The van der Waals surface area contributed by atoms with E-state index in [0.29, 0.717) is 17.1 Å². The number of hydrogen-bond acceptors (Lipinski definition) is 2. The van der Waals surface area contributed by atoms with Crippen LogP contribution in [0.25, 0.3) is 23.1 Å². The van der Waals surface area contributed by atoms with Crippen LogP contribution in [-0.2, 0) is 9.59 Å². The molecule has 0 bridgehead atoms. The monoisotopic (exact) mass is 406 g/mol. The zero-order valence-corrected chi connectivity index (χ0v) is 17.0. The standard InChI is InChI=1S/C24H23ClN2O2/c1-2-3-8-23(28)22(15-18-16-26-21-7-5-4-6-20(18)21)27-24(29)14-11-17-9-12-19(25)13-10-17/h4-7,9-16,26H,2-3,8H2,1H3,(H,27,29)/b14-11+,22-15-. The number of halogens is 1. The van der Waals surface area contributed by atoms with Gasteiger partial charge >= 0.3 is 0 Å². The van der Waals surface area contributed by atoms with Crippen molar-refractivity contribution < 1.29 is 9.59 Å². The van der Waals surface area contributed by atoms with Gasteiger partial charge in [0, 0.05) is 40.2 Å². The van der Waals surface area contributed by atoms with Crippen LogP contribution in [0.3, 0.4) is 0 Å². The average Bonchev–Trinajstić information content (AvgIpc) is 3.14. The molecular formula is C24H23ClN2O2. The number of aromatic amines is 1. The molecule has 3 aromatic rings. The van der Waals surface area contributed by atoms with Crippen molar-refractivity contribution in [2.24, 2.45) is 0 Å². The third kappa shape index (κ3) is 5.69. The van der Waals surface area contributed by atoms with Crippen molar-refractivity contribution in [2.45, 2.75) is 26.2 Å². The Morgan fingerprint density at radius 2 is 1.86 bits per heavy atom. The lowest BCUT2D eigenvalue weighted by Crippen LogP contribution is -2.25. The second-order valence-corrected chi connectivity index (χ2v) is 7.18. The van der Waals surface area contributed by atoms with E-state index in [0.717, 1.165) is 34.9 Å². The highest BCUT2D eigenvalue weighted by Crippen LogP contribution is 2.20. The molecule has 29 heavy (non-hydrogen) atoms. The summed E-state index contributed by atoms with van der Waals surface area (Å²) < 4.78 is 0. The van der Waals surface area contributed by atoms with Crippen molar-refractivity contribution >= 4 is 46.3 Å². The normalized spacial score (nSPS) is 11.9. The Morgan fingerprint density at radius 1 is 1.10 bits per heavy atom. The molecule has 1 heterocycles. The van der Waals surface area contributed by atoms with Crippen LogP contribution in [0, 0.1) is 0 Å². The zero-order valence-electron chi connectivity index (χ0n) is 16.2. The van der Waals surface area contributed by atoms with Crippen molar-refractivity contribution in [1.82, 2.24) is 10.3 Å². The first-order valence-corrected chi connectivity index (χ1v) is 10.00. The molecule has 5 heteroatoms. The SMILES string of the molecule is CCCCC(=O)/C(=C/c1c[nH]c2ccccc12)NC(=O)/C=C/c1ccc(Cl)cc1. The molecule has 0 saturated carbocycles. The number of benzene rings is 2. The average molecular weight is 407 g/mol. The number of rotatable bonds is 8. The van der Waals surface area contributed by atoms with Gasteiger partial charge in [-0.05, 0) is 42.3 Å². The van der Waals surface area contributed by atoms with E-state index in [1.54, 1.807) is 24.3 Å². The fourth-order valence-corrected chi connectivity index (χ4v) is 3.07. The van der Waals surface area contributed by atoms with Crippen LogP contribution in [-0.4, -0.2) is 16.7 Å². The van der Waals surface area contributed by atoms with Crippen LogP contribution < -0.4 is 5.32 Å². The number of allylic oxidation sites excluding steroid dienone is 1. The fraction of sp³-hybridized carbons (Fsp3) is 0.167. The van der Waals surface area contributed by atoms with Gasteiger partial charge in [0.1, 0.15) is 0 Å². The van der Waals surface area contributed by atoms with Crippen LogP contribution in [0.1, 0.15) is 37.3 Å². The molecule has 0 aliphatic rings. The predicted molar refractivity (Wildman–Crippen MR) is 119 cm³/mol. The number of ketones is 1. The number of unbranched alkanes of at least 4 members (excludes halogenated alkanes) is 1. The molecule has 0 aliphatic carbocycles. The third-order valence-electron chi connectivity index (χ3n) is 4.53. The number of aromatic nitrogens is 1. The third-order valence-corrected chi connectivity index (χ3v) is 4.79. The number of H-pyrrole nitrogens is 1. The Labute approximate surface area is 175 Å². The quantitative estimate of drug-likeness (QED) is 0.468. The van der Waals surface area contributed by atoms with Crippen LogP contribution in [0.15, 0.2) is 66.5 Å². The number of carbonyl (C=O) groups is 2. The van der Waals surface area contributed by atoms with Crippen molar-refractivity contribution in [3.8, 4) is 0 Å². The molecule has 0 aliphatic heterocycles. The van der Waals surface area contributed by atoms with Gasteiger partial charge < -0.3 is 10.3 Å². The van der Waals surface area contributed by atoms with Crippen LogP contribution >= 0.6 is 11.6 Å². The zero-order chi connectivity index (χ0) is 20.6. The number of amides is 1. The summed E-state index contributed by atoms with van der Waals surface area (Å²) >= 11 is 5.88. The first-order chi connectivity index (χ1) is 14.1. The maximum Gasteiger partial charge on any atom is 0.248 e. The number of carbonyl (C=O) groups excluding carboxylic acids is 2. The summed E-state index contributed by atoms with van der Waals surface area (Å²) in [7, 11) is 0. The van der Waals surface area contributed by atoms with Gasteiger partial charge in [0.2, 0.25) is 5.91 Å². The smallest absolute Gasteiger partial charge is 0.248 e. The minimum absolute atomic E-state index is 0.0784. The van der Waals surface area contributed by atoms with Crippen molar-refractivity contribution in [3.63, 3.8) is 0 Å². The minimum atomic E-state index is -0.351. The number of para-hydroxylation sites is 1. The van der Waals surface area contributed by atoms with Crippen molar-refractivity contribution in [1.29, 1.82) is 0 Å². The highest BCUT2D eigenvalue weighted by atomic mass is 35.5. The van der Waals surface area contributed by atoms with Gasteiger partial charge in [-0.25, -0.2) is 0 Å². The molecule has 1 aromatic heterocycles. The molecule has 0 atom stereocenters. The van der Waals surface area contributed by atoms with Crippen LogP contribution in [0.2, 0.25) is 5.02 Å². The summed E-state index contributed by atoms with van der Waals surface area (Å²) in [5, 5.41) is 4.39. The highest BCUT2D eigenvalue weighted by Gasteiger charge is 2.13. The molecular weight excluding hydrogens is 384 g/mol. The number of nitrogens with one attached hydrogen (secondary N) is 2. The maximum atomic E-state index is 12.7.